The van der Waals surface area contributed by atoms with Crippen LogP contribution in [0.2, 0.25) is 0 Å². The van der Waals surface area contributed by atoms with Crippen LogP contribution < -0.4 is 0 Å². The maximum atomic E-state index is 13.0. The summed E-state index contributed by atoms with van der Waals surface area (Å²) < 4.78 is 5.81. The zero-order valence-electron chi connectivity index (χ0n) is 16.5. The molecule has 1 aromatic rings. The van der Waals surface area contributed by atoms with Crippen molar-refractivity contribution in [3.05, 3.63) is 41.9 Å². The highest BCUT2D eigenvalue weighted by Gasteiger charge is 2.35. The van der Waals surface area contributed by atoms with E-state index in [1.54, 1.807) is 0 Å². The van der Waals surface area contributed by atoms with Crippen LogP contribution in [0.1, 0.15) is 45.6 Å². The first-order valence-electron chi connectivity index (χ1n) is 9.74. The second-order valence-corrected chi connectivity index (χ2v) is 7.98. The molecule has 0 radical (unpaired) electrons. The number of ketones is 1. The third kappa shape index (κ3) is 4.95. The van der Waals surface area contributed by atoms with E-state index in [1.165, 1.54) is 11.6 Å². The van der Waals surface area contributed by atoms with Gasteiger partial charge in [-0.2, -0.15) is 0 Å². The summed E-state index contributed by atoms with van der Waals surface area (Å²) in [7, 11) is 0. The molecule has 0 bridgehead atoms. The molecule has 0 saturated carbocycles. The predicted octanol–water partition coefficient (Wildman–Crippen LogP) is 2.55. The number of allylic oxidation sites excluding steroid dienone is 1. The molecular weight excluding hydrogens is 342 g/mol. The van der Waals surface area contributed by atoms with Crippen molar-refractivity contribution in [1.82, 2.24) is 14.8 Å². The first-order valence-corrected chi connectivity index (χ1v) is 9.74. The summed E-state index contributed by atoms with van der Waals surface area (Å²) in [6.07, 6.45) is 7.31. The van der Waals surface area contributed by atoms with E-state index in [1.807, 2.05) is 43.3 Å². The first-order chi connectivity index (χ1) is 12.9. The van der Waals surface area contributed by atoms with Gasteiger partial charge in [-0.25, -0.2) is 0 Å². The second-order valence-electron chi connectivity index (χ2n) is 7.98. The molecule has 146 valence electrons. The van der Waals surface area contributed by atoms with Crippen LogP contribution in [0.5, 0.6) is 0 Å². The fourth-order valence-corrected chi connectivity index (χ4v) is 3.90. The Morgan fingerprint density at radius 3 is 2.78 bits per heavy atom. The number of hydrogen-bond acceptors (Lipinski definition) is 5. The average Bonchev–Trinajstić information content (AvgIpc) is 2.65. The number of amides is 1. The van der Waals surface area contributed by atoms with Crippen LogP contribution in [-0.2, 0) is 20.9 Å². The van der Waals surface area contributed by atoms with E-state index in [-0.39, 0.29) is 17.4 Å². The fourth-order valence-electron chi connectivity index (χ4n) is 3.90. The number of aromatic nitrogens is 1. The number of likely N-dealkylation sites (tertiary alicyclic amines) is 1. The van der Waals surface area contributed by atoms with E-state index < -0.39 is 5.60 Å². The maximum Gasteiger partial charge on any atom is 0.289 e. The van der Waals surface area contributed by atoms with E-state index in [0.717, 1.165) is 25.9 Å². The van der Waals surface area contributed by atoms with Crippen molar-refractivity contribution in [3.63, 3.8) is 0 Å². The van der Waals surface area contributed by atoms with Crippen molar-refractivity contribution >= 4 is 11.7 Å². The second kappa shape index (κ2) is 8.21. The van der Waals surface area contributed by atoms with Gasteiger partial charge in [0, 0.05) is 50.6 Å². The molecule has 0 aliphatic carbocycles. The summed E-state index contributed by atoms with van der Waals surface area (Å²) in [6.45, 7) is 8.96. The summed E-state index contributed by atoms with van der Waals surface area (Å²) in [5.74, 6) is -0.0223. The van der Waals surface area contributed by atoms with Gasteiger partial charge in [0.25, 0.3) is 5.91 Å². The lowest BCUT2D eigenvalue weighted by atomic mass is 9.97. The molecule has 27 heavy (non-hydrogen) atoms. The molecule has 1 aromatic heterocycles. The summed E-state index contributed by atoms with van der Waals surface area (Å²) in [6, 6.07) is 4.36. The molecular formula is C21H29N3O3. The van der Waals surface area contributed by atoms with Crippen LogP contribution in [0.4, 0.5) is 0 Å². The van der Waals surface area contributed by atoms with E-state index in [2.05, 4.69) is 16.8 Å². The fraction of sp³-hybridized carbons (Fsp3) is 0.571. The number of piperidine rings is 1. The van der Waals surface area contributed by atoms with Crippen molar-refractivity contribution in [3.8, 4) is 0 Å². The number of carbonyl (C=O) groups excluding carboxylic acids is 2. The zero-order valence-corrected chi connectivity index (χ0v) is 16.5. The van der Waals surface area contributed by atoms with Gasteiger partial charge < -0.3 is 9.64 Å². The molecule has 3 heterocycles. The van der Waals surface area contributed by atoms with E-state index in [9.17, 15) is 9.59 Å². The van der Waals surface area contributed by atoms with Crippen LogP contribution in [0, 0.1) is 0 Å². The Hall–Kier alpha value is -2.21. The van der Waals surface area contributed by atoms with Crippen molar-refractivity contribution in [1.29, 1.82) is 0 Å². The molecule has 0 aromatic carbocycles. The van der Waals surface area contributed by atoms with Gasteiger partial charge in [-0.05, 0) is 50.9 Å². The Bertz CT molecular complexity index is 715. The number of rotatable bonds is 5. The minimum absolute atomic E-state index is 0.0453. The van der Waals surface area contributed by atoms with Gasteiger partial charge in [0.1, 0.15) is 5.60 Å². The Kier molecular flexibility index (Phi) is 5.95. The molecule has 6 nitrogen and oxygen atoms in total. The lowest BCUT2D eigenvalue weighted by Gasteiger charge is -2.40. The zero-order chi connectivity index (χ0) is 19.4. The average molecular weight is 371 g/mol. The molecule has 2 aliphatic heterocycles. The SMILES string of the molecule is CCN(Cc1ccncc1)C1CCCN(C(=O)C2=CC(=O)CC(C)(C)O2)C1. The van der Waals surface area contributed by atoms with Gasteiger partial charge in [-0.1, -0.05) is 6.92 Å². The van der Waals surface area contributed by atoms with Gasteiger partial charge in [0.05, 0.1) is 0 Å². The van der Waals surface area contributed by atoms with Crippen LogP contribution in [0.15, 0.2) is 36.4 Å². The molecule has 1 amide bonds. The van der Waals surface area contributed by atoms with Crippen LogP contribution >= 0.6 is 0 Å². The molecule has 1 atom stereocenters. The predicted molar refractivity (Wildman–Crippen MR) is 103 cm³/mol. The van der Waals surface area contributed by atoms with Crippen LogP contribution in [-0.4, -0.2) is 57.8 Å². The summed E-state index contributed by atoms with van der Waals surface area (Å²) in [5.41, 5.74) is 0.601. The highest BCUT2D eigenvalue weighted by molar-refractivity contribution is 6.01. The Morgan fingerprint density at radius 1 is 1.37 bits per heavy atom. The molecule has 1 saturated heterocycles. The monoisotopic (exact) mass is 371 g/mol. The number of nitrogens with zero attached hydrogens (tertiary/aromatic N) is 3. The lowest BCUT2D eigenvalue weighted by molar-refractivity contribution is -0.139. The summed E-state index contributed by atoms with van der Waals surface area (Å²) >= 11 is 0. The van der Waals surface area contributed by atoms with Gasteiger partial charge in [0.15, 0.2) is 11.5 Å². The number of carbonyl (C=O) groups is 2. The molecule has 1 fully saturated rings. The van der Waals surface area contributed by atoms with E-state index in [4.69, 9.17) is 4.74 Å². The van der Waals surface area contributed by atoms with Gasteiger partial charge in [0.2, 0.25) is 0 Å². The molecule has 1 unspecified atom stereocenters. The Balaban J connectivity index is 1.68. The molecule has 6 heteroatoms. The van der Waals surface area contributed by atoms with E-state index >= 15 is 0 Å². The third-order valence-electron chi connectivity index (χ3n) is 5.23. The maximum absolute atomic E-state index is 13.0. The smallest absolute Gasteiger partial charge is 0.289 e. The molecule has 0 spiro atoms. The van der Waals surface area contributed by atoms with Gasteiger partial charge >= 0.3 is 0 Å². The summed E-state index contributed by atoms with van der Waals surface area (Å²) in [5, 5.41) is 0. The van der Waals surface area contributed by atoms with Crippen molar-refractivity contribution in [2.45, 2.75) is 58.2 Å². The Morgan fingerprint density at radius 2 is 2.11 bits per heavy atom. The van der Waals surface area contributed by atoms with Crippen LogP contribution in [0.25, 0.3) is 0 Å². The first kappa shape index (κ1) is 19.5. The minimum atomic E-state index is -0.622. The Labute approximate surface area is 161 Å². The molecule has 2 aliphatic rings. The number of ether oxygens (including phenoxy) is 1. The normalized spacial score (nSPS) is 22.4. The molecule has 3 rings (SSSR count). The third-order valence-corrected chi connectivity index (χ3v) is 5.23. The number of likely N-dealkylation sites (N-methyl/N-ethyl adjacent to an activating group) is 1. The number of pyridine rings is 1. The molecule has 0 N–H and O–H groups in total. The van der Waals surface area contributed by atoms with Crippen molar-refractivity contribution < 1.29 is 14.3 Å². The van der Waals surface area contributed by atoms with Gasteiger partial charge in [-0.15, -0.1) is 0 Å². The largest absolute Gasteiger partial charge is 0.481 e. The van der Waals surface area contributed by atoms with Gasteiger partial charge in [-0.3, -0.25) is 19.5 Å². The highest BCUT2D eigenvalue weighted by atomic mass is 16.5. The van der Waals surface area contributed by atoms with E-state index in [0.29, 0.717) is 25.6 Å². The standard InChI is InChI=1S/C21H29N3O3/c1-4-23(14-16-7-9-22-10-8-16)17-6-5-11-24(15-17)20(26)19-12-18(25)13-21(2,3)27-19/h7-10,12,17H,4-6,11,13-15H2,1-3H3. The quantitative estimate of drug-likeness (QED) is 0.796. The van der Waals surface area contributed by atoms with Crippen LogP contribution in [0.3, 0.4) is 0 Å². The summed E-state index contributed by atoms with van der Waals surface area (Å²) in [4.78, 5) is 33.2. The number of hydrogen-bond donors (Lipinski definition) is 0. The lowest BCUT2D eigenvalue weighted by Crippen LogP contribution is -2.50. The topological polar surface area (TPSA) is 62.7 Å². The van der Waals surface area contributed by atoms with Crippen molar-refractivity contribution in [2.24, 2.45) is 0 Å². The highest BCUT2D eigenvalue weighted by Crippen LogP contribution is 2.27. The minimum Gasteiger partial charge on any atom is -0.481 e. The van der Waals surface area contributed by atoms with Crippen molar-refractivity contribution in [2.75, 3.05) is 19.6 Å².